The van der Waals surface area contributed by atoms with Crippen LogP contribution in [0, 0.1) is 5.92 Å². The molecule has 1 saturated heterocycles. The van der Waals surface area contributed by atoms with Crippen LogP contribution in [0.2, 0.25) is 0 Å². The van der Waals surface area contributed by atoms with Gasteiger partial charge in [-0.3, -0.25) is 4.52 Å². The van der Waals surface area contributed by atoms with Crippen LogP contribution in [0.15, 0.2) is 0 Å². The standard InChI is InChI=1S/C8H14BrClNO4P/c9-5-1-4-7(2-6(5)10)11-3-8(4)15-16(12,13)14/h4-8,11H,1-3H2,(H2,12,13,14). The zero-order valence-corrected chi connectivity index (χ0v) is 11.7. The fourth-order valence-corrected chi connectivity index (χ4v) is 4.02. The van der Waals surface area contributed by atoms with Gasteiger partial charge in [-0.1, -0.05) is 15.9 Å². The van der Waals surface area contributed by atoms with Crippen LogP contribution in [-0.2, 0) is 9.09 Å². The highest BCUT2D eigenvalue weighted by atomic mass is 79.9. The minimum absolute atomic E-state index is 0.0579. The molecule has 3 N–H and O–H groups in total. The Balaban J connectivity index is 2.02. The van der Waals surface area contributed by atoms with E-state index in [1.807, 2.05) is 0 Å². The topological polar surface area (TPSA) is 78.8 Å². The molecule has 94 valence electrons. The molecule has 2 fully saturated rings. The van der Waals surface area contributed by atoms with Crippen molar-refractivity contribution in [3.63, 3.8) is 0 Å². The average Bonchev–Trinajstić information content (AvgIpc) is 2.47. The molecular formula is C8H14BrClNO4P. The van der Waals surface area contributed by atoms with E-state index in [4.69, 9.17) is 25.9 Å². The molecule has 2 aliphatic rings. The van der Waals surface area contributed by atoms with E-state index in [-0.39, 0.29) is 22.2 Å². The quantitative estimate of drug-likeness (QED) is 0.523. The van der Waals surface area contributed by atoms with E-state index in [9.17, 15) is 4.57 Å². The summed E-state index contributed by atoms with van der Waals surface area (Å²) >= 11 is 9.62. The van der Waals surface area contributed by atoms with Crippen molar-refractivity contribution in [2.75, 3.05) is 6.54 Å². The van der Waals surface area contributed by atoms with Gasteiger partial charge in [0.1, 0.15) is 0 Å². The van der Waals surface area contributed by atoms with Crippen LogP contribution in [0.5, 0.6) is 0 Å². The van der Waals surface area contributed by atoms with Gasteiger partial charge in [0, 0.05) is 28.7 Å². The third kappa shape index (κ3) is 2.99. The molecule has 1 aliphatic heterocycles. The molecular weight excluding hydrogens is 320 g/mol. The van der Waals surface area contributed by atoms with E-state index >= 15 is 0 Å². The van der Waals surface area contributed by atoms with Gasteiger partial charge in [0.15, 0.2) is 0 Å². The van der Waals surface area contributed by atoms with Crippen molar-refractivity contribution in [1.82, 2.24) is 5.32 Å². The summed E-state index contributed by atoms with van der Waals surface area (Å²) in [7, 11) is -4.40. The van der Waals surface area contributed by atoms with Crippen molar-refractivity contribution >= 4 is 35.4 Å². The second-order valence-electron chi connectivity index (χ2n) is 4.32. The lowest BCUT2D eigenvalue weighted by Crippen LogP contribution is -2.41. The summed E-state index contributed by atoms with van der Waals surface area (Å²) in [6, 6.07) is 0.202. The largest absolute Gasteiger partial charge is 0.469 e. The molecule has 5 nitrogen and oxygen atoms in total. The molecule has 2 rings (SSSR count). The lowest BCUT2D eigenvalue weighted by atomic mass is 9.84. The van der Waals surface area contributed by atoms with Crippen LogP contribution < -0.4 is 5.32 Å². The summed E-state index contributed by atoms with van der Waals surface area (Å²) in [6.45, 7) is 0.476. The number of nitrogens with one attached hydrogen (secondary N) is 1. The maximum atomic E-state index is 10.8. The molecule has 16 heavy (non-hydrogen) atoms. The number of fused-ring (bicyclic) bond motifs is 1. The van der Waals surface area contributed by atoms with E-state index in [1.54, 1.807) is 0 Å². The molecule has 0 bridgehead atoms. The Bertz CT molecular complexity index is 314. The van der Waals surface area contributed by atoms with Gasteiger partial charge in [-0.25, -0.2) is 4.57 Å². The van der Waals surface area contributed by atoms with Crippen molar-refractivity contribution in [3.8, 4) is 0 Å². The predicted octanol–water partition coefficient (Wildman–Crippen LogP) is 1.22. The van der Waals surface area contributed by atoms with Crippen molar-refractivity contribution in [3.05, 3.63) is 0 Å². The van der Waals surface area contributed by atoms with Gasteiger partial charge in [0.05, 0.1) is 6.10 Å². The van der Waals surface area contributed by atoms with Crippen LogP contribution in [0.4, 0.5) is 0 Å². The molecule has 0 aromatic rings. The minimum Gasteiger partial charge on any atom is -0.311 e. The zero-order chi connectivity index (χ0) is 11.9. The number of phosphoric ester groups is 1. The molecule has 5 unspecified atom stereocenters. The molecule has 0 amide bonds. The Morgan fingerprint density at radius 3 is 2.75 bits per heavy atom. The first-order valence-corrected chi connectivity index (χ1v) is 8.00. The van der Waals surface area contributed by atoms with E-state index in [0.717, 1.165) is 12.8 Å². The zero-order valence-electron chi connectivity index (χ0n) is 8.42. The fraction of sp³-hybridized carbons (Fsp3) is 1.00. The number of hydrogen-bond donors (Lipinski definition) is 3. The fourth-order valence-electron chi connectivity index (χ4n) is 2.49. The first kappa shape index (κ1) is 13.3. The van der Waals surface area contributed by atoms with Crippen LogP contribution >= 0.6 is 35.4 Å². The Kier molecular flexibility index (Phi) is 4.02. The van der Waals surface area contributed by atoms with Gasteiger partial charge in [-0.2, -0.15) is 0 Å². The summed E-state index contributed by atoms with van der Waals surface area (Å²) in [5.74, 6) is 0.118. The first-order valence-electron chi connectivity index (χ1n) is 5.12. The van der Waals surface area contributed by atoms with E-state index < -0.39 is 13.9 Å². The lowest BCUT2D eigenvalue weighted by Gasteiger charge is -2.34. The van der Waals surface area contributed by atoms with Crippen LogP contribution in [0.1, 0.15) is 12.8 Å². The van der Waals surface area contributed by atoms with Crippen molar-refractivity contribution in [2.45, 2.75) is 35.2 Å². The van der Waals surface area contributed by atoms with Gasteiger partial charge in [0.2, 0.25) is 0 Å². The maximum absolute atomic E-state index is 10.8. The highest BCUT2D eigenvalue weighted by molar-refractivity contribution is 9.09. The predicted molar refractivity (Wildman–Crippen MR) is 63.8 cm³/mol. The molecule has 0 aromatic heterocycles. The van der Waals surface area contributed by atoms with Gasteiger partial charge < -0.3 is 15.1 Å². The molecule has 0 spiro atoms. The van der Waals surface area contributed by atoms with Gasteiger partial charge in [0.25, 0.3) is 0 Å². The highest BCUT2D eigenvalue weighted by Gasteiger charge is 2.45. The molecule has 0 radical (unpaired) electrons. The summed E-state index contributed by atoms with van der Waals surface area (Å²) < 4.78 is 15.6. The summed E-state index contributed by atoms with van der Waals surface area (Å²) in [4.78, 5) is 17.8. The molecule has 1 aliphatic carbocycles. The van der Waals surface area contributed by atoms with Gasteiger partial charge >= 0.3 is 7.82 Å². The molecule has 8 heteroatoms. The Morgan fingerprint density at radius 1 is 1.44 bits per heavy atom. The van der Waals surface area contributed by atoms with Crippen molar-refractivity contribution in [2.24, 2.45) is 5.92 Å². The summed E-state index contributed by atoms with van der Waals surface area (Å²) in [6.07, 6.45) is 1.15. The second-order valence-corrected chi connectivity index (χ2v) is 7.25. The van der Waals surface area contributed by atoms with Crippen molar-refractivity contribution in [1.29, 1.82) is 0 Å². The van der Waals surface area contributed by atoms with Crippen LogP contribution in [-0.4, -0.2) is 38.7 Å². The molecule has 0 aromatic carbocycles. The number of phosphoric acid groups is 1. The monoisotopic (exact) mass is 333 g/mol. The van der Waals surface area contributed by atoms with Crippen LogP contribution in [0.3, 0.4) is 0 Å². The number of halogens is 2. The van der Waals surface area contributed by atoms with E-state index in [0.29, 0.717) is 6.54 Å². The van der Waals surface area contributed by atoms with E-state index in [2.05, 4.69) is 21.2 Å². The lowest BCUT2D eigenvalue weighted by molar-refractivity contribution is 0.0998. The minimum atomic E-state index is -4.40. The van der Waals surface area contributed by atoms with Gasteiger partial charge in [-0.05, 0) is 12.8 Å². The molecule has 1 saturated carbocycles. The van der Waals surface area contributed by atoms with Crippen LogP contribution in [0.25, 0.3) is 0 Å². The van der Waals surface area contributed by atoms with E-state index in [1.165, 1.54) is 0 Å². The third-order valence-electron chi connectivity index (χ3n) is 3.22. The van der Waals surface area contributed by atoms with Gasteiger partial charge in [-0.15, -0.1) is 11.6 Å². The third-order valence-corrected chi connectivity index (χ3v) is 5.56. The smallest absolute Gasteiger partial charge is 0.311 e. The average molecular weight is 335 g/mol. The Labute approximate surface area is 107 Å². The number of alkyl halides is 2. The number of rotatable bonds is 2. The summed E-state index contributed by atoms with van der Waals surface area (Å²) in [5, 5.41) is 3.27. The second kappa shape index (κ2) is 4.84. The Hall–Kier alpha value is 0.840. The highest BCUT2D eigenvalue weighted by Crippen LogP contribution is 2.45. The SMILES string of the molecule is O=P(O)(O)OC1CNC2CC(Cl)C(Br)CC21. The Morgan fingerprint density at radius 2 is 2.12 bits per heavy atom. The maximum Gasteiger partial charge on any atom is 0.469 e. The normalized spacial score (nSPS) is 44.4. The summed E-state index contributed by atoms with van der Waals surface area (Å²) in [5.41, 5.74) is 0. The van der Waals surface area contributed by atoms with Crippen molar-refractivity contribution < 1.29 is 18.9 Å². The molecule has 5 atom stereocenters. The first-order chi connectivity index (χ1) is 7.37. The molecule has 1 heterocycles. The number of hydrogen-bond acceptors (Lipinski definition) is 3.